The van der Waals surface area contributed by atoms with Gasteiger partial charge in [0.05, 0.1) is 10.5 Å². The van der Waals surface area contributed by atoms with Crippen molar-refractivity contribution in [2.45, 2.75) is 36.7 Å². The molecule has 1 saturated heterocycles. The molecule has 2 aliphatic rings. The summed E-state index contributed by atoms with van der Waals surface area (Å²) in [5.41, 5.74) is -0.165. The lowest BCUT2D eigenvalue weighted by Crippen LogP contribution is -2.50. The van der Waals surface area contributed by atoms with Gasteiger partial charge in [-0.15, -0.1) is 0 Å². The largest absolute Gasteiger partial charge is 0.416 e. The number of amides is 1. The van der Waals surface area contributed by atoms with Crippen molar-refractivity contribution in [3.63, 3.8) is 0 Å². The Kier molecular flexibility index (Phi) is 8.48. The summed E-state index contributed by atoms with van der Waals surface area (Å²) in [6, 6.07) is 7.66. The van der Waals surface area contributed by atoms with E-state index >= 15 is 0 Å². The van der Waals surface area contributed by atoms with Crippen LogP contribution >= 0.6 is 11.8 Å². The van der Waals surface area contributed by atoms with Crippen LogP contribution < -0.4 is 0 Å². The number of allylic oxidation sites excluding steroid dienone is 4. The Hall–Kier alpha value is -3.16. The number of alkyl halides is 3. The zero-order chi connectivity index (χ0) is 29.4. The Morgan fingerprint density at radius 2 is 1.68 bits per heavy atom. The van der Waals surface area contributed by atoms with Gasteiger partial charge < -0.3 is 4.90 Å². The Bertz CT molecular complexity index is 1480. The van der Waals surface area contributed by atoms with E-state index in [1.807, 2.05) is 19.9 Å². The fraction of sp³-hybridized carbons (Fsp3) is 0.370. The molecule has 1 amide bonds. The van der Waals surface area contributed by atoms with Crippen LogP contribution in [0.3, 0.4) is 0 Å². The van der Waals surface area contributed by atoms with Crippen LogP contribution in [0.4, 0.5) is 18.9 Å². The topological polar surface area (TPSA) is 101 Å². The number of hydrogen-bond donors (Lipinski definition) is 0. The van der Waals surface area contributed by atoms with Crippen molar-refractivity contribution in [3.8, 4) is 0 Å². The molecule has 40 heavy (non-hydrogen) atoms. The summed E-state index contributed by atoms with van der Waals surface area (Å²) in [6.07, 6.45) is -0.452. The van der Waals surface area contributed by atoms with Crippen molar-refractivity contribution in [1.29, 1.82) is 0 Å². The highest BCUT2D eigenvalue weighted by molar-refractivity contribution is 8.03. The van der Waals surface area contributed by atoms with E-state index in [1.165, 1.54) is 33.1 Å². The van der Waals surface area contributed by atoms with Gasteiger partial charge in [-0.1, -0.05) is 37.8 Å². The summed E-state index contributed by atoms with van der Waals surface area (Å²) in [4.78, 5) is 26.3. The second-order valence-corrected chi connectivity index (χ2v) is 12.8. The first-order valence-corrected chi connectivity index (χ1v) is 14.8. The molecule has 8 nitrogen and oxygen atoms in total. The molecular weight excluding hydrogens is 567 g/mol. The molecule has 0 saturated carbocycles. The monoisotopic (exact) mass is 595 g/mol. The molecule has 0 bridgehead atoms. The van der Waals surface area contributed by atoms with E-state index < -0.39 is 32.6 Å². The molecule has 214 valence electrons. The highest BCUT2D eigenvalue weighted by Crippen LogP contribution is 2.44. The Balaban J connectivity index is 1.56. The van der Waals surface area contributed by atoms with Gasteiger partial charge in [-0.05, 0) is 59.6 Å². The molecule has 1 fully saturated rings. The summed E-state index contributed by atoms with van der Waals surface area (Å²) in [5, 5.41) is 11.5. The molecule has 1 heterocycles. The summed E-state index contributed by atoms with van der Waals surface area (Å²) in [6.45, 7) is 5.94. The van der Waals surface area contributed by atoms with Gasteiger partial charge in [-0.3, -0.25) is 14.9 Å². The highest BCUT2D eigenvalue weighted by atomic mass is 32.2. The first-order valence-electron chi connectivity index (χ1n) is 12.5. The average Bonchev–Trinajstić information content (AvgIpc) is 2.92. The lowest BCUT2D eigenvalue weighted by atomic mass is 9.89. The van der Waals surface area contributed by atoms with Crippen molar-refractivity contribution in [2.24, 2.45) is 11.8 Å². The van der Waals surface area contributed by atoms with Gasteiger partial charge in [-0.2, -0.15) is 17.5 Å². The Morgan fingerprint density at radius 1 is 1.05 bits per heavy atom. The van der Waals surface area contributed by atoms with E-state index in [9.17, 15) is 36.5 Å². The maximum atomic E-state index is 13.8. The van der Waals surface area contributed by atoms with E-state index in [0.29, 0.717) is 4.90 Å². The molecule has 13 heteroatoms. The third-order valence-electron chi connectivity index (χ3n) is 7.20. The van der Waals surface area contributed by atoms with Crippen LogP contribution in [-0.2, 0) is 16.2 Å². The SMILES string of the molecule is CC1=C(Sc2ccc([N+](=O)[O-])cc2S(=O)(=O)N2CCN(C(=O)c3ccc(C(F)(F)F)cc3)CC2)C(C)C(C)C=C1. The van der Waals surface area contributed by atoms with E-state index in [-0.39, 0.29) is 54.2 Å². The molecule has 2 unspecified atom stereocenters. The number of halogens is 3. The van der Waals surface area contributed by atoms with Crippen LogP contribution in [0, 0.1) is 22.0 Å². The zero-order valence-corrected chi connectivity index (χ0v) is 23.6. The van der Waals surface area contributed by atoms with E-state index in [0.717, 1.165) is 40.8 Å². The Morgan fingerprint density at radius 3 is 2.25 bits per heavy atom. The maximum Gasteiger partial charge on any atom is 0.416 e. The first kappa shape index (κ1) is 29.8. The van der Waals surface area contributed by atoms with Crippen molar-refractivity contribution < 1.29 is 31.3 Å². The minimum Gasteiger partial charge on any atom is -0.336 e. The number of nitro groups is 1. The van der Waals surface area contributed by atoms with E-state index in [4.69, 9.17) is 0 Å². The number of non-ortho nitro benzene ring substituents is 1. The summed E-state index contributed by atoms with van der Waals surface area (Å²) < 4.78 is 67.3. The van der Waals surface area contributed by atoms with Crippen LogP contribution in [0.15, 0.2) is 74.9 Å². The second kappa shape index (κ2) is 11.4. The molecule has 1 aliphatic heterocycles. The lowest BCUT2D eigenvalue weighted by molar-refractivity contribution is -0.385. The second-order valence-electron chi connectivity index (χ2n) is 9.82. The standard InChI is InChI=1S/C27H28F3N3O5S2/c1-17-4-5-18(2)25(19(17)3)39-23-11-10-22(33(35)36)16-24(23)40(37,38)32-14-12-31(13-15-32)26(34)20-6-8-21(9-7-20)27(28,29)30/h4-11,16-17,19H,12-15H2,1-3H3. The maximum absolute atomic E-state index is 13.8. The molecule has 0 spiro atoms. The number of nitro benzene ring substituents is 1. The number of carbonyl (C=O) groups excluding carboxylic acids is 1. The third-order valence-corrected chi connectivity index (χ3v) is 10.8. The predicted octanol–water partition coefficient (Wildman–Crippen LogP) is 5.97. The average molecular weight is 596 g/mol. The molecule has 0 aromatic heterocycles. The smallest absolute Gasteiger partial charge is 0.336 e. The number of hydrogen-bond acceptors (Lipinski definition) is 6. The molecule has 2 aromatic rings. The molecule has 0 N–H and O–H groups in total. The van der Waals surface area contributed by atoms with Gasteiger partial charge in [0.15, 0.2) is 0 Å². The zero-order valence-electron chi connectivity index (χ0n) is 22.0. The number of rotatable bonds is 6. The summed E-state index contributed by atoms with van der Waals surface area (Å²) >= 11 is 1.28. The number of carbonyl (C=O) groups is 1. The normalized spacial score (nSPS) is 20.6. The molecule has 0 radical (unpaired) electrons. The van der Waals surface area contributed by atoms with Crippen LogP contribution in [0.5, 0.6) is 0 Å². The van der Waals surface area contributed by atoms with Crippen LogP contribution in [-0.4, -0.2) is 54.6 Å². The van der Waals surface area contributed by atoms with Gasteiger partial charge in [-0.25, -0.2) is 8.42 Å². The van der Waals surface area contributed by atoms with E-state index in [1.54, 1.807) is 0 Å². The number of sulfonamides is 1. The molecule has 1 aliphatic carbocycles. The molecular formula is C27H28F3N3O5S2. The fourth-order valence-electron chi connectivity index (χ4n) is 4.59. The van der Waals surface area contributed by atoms with Gasteiger partial charge in [0.2, 0.25) is 10.0 Å². The van der Waals surface area contributed by atoms with Crippen LogP contribution in [0.1, 0.15) is 36.7 Å². The molecule has 2 aromatic carbocycles. The highest BCUT2D eigenvalue weighted by Gasteiger charge is 2.35. The summed E-state index contributed by atoms with van der Waals surface area (Å²) in [7, 11) is -4.18. The quantitative estimate of drug-likeness (QED) is 0.301. The summed E-state index contributed by atoms with van der Waals surface area (Å²) in [5.74, 6) is -0.145. The predicted molar refractivity (Wildman–Crippen MR) is 145 cm³/mol. The van der Waals surface area contributed by atoms with Crippen molar-refractivity contribution in [1.82, 2.24) is 9.21 Å². The minimum atomic E-state index is -4.52. The van der Waals surface area contributed by atoms with Crippen molar-refractivity contribution in [2.75, 3.05) is 26.2 Å². The van der Waals surface area contributed by atoms with E-state index in [2.05, 4.69) is 13.0 Å². The third kappa shape index (κ3) is 6.11. The molecule has 2 atom stereocenters. The van der Waals surface area contributed by atoms with Gasteiger partial charge >= 0.3 is 6.18 Å². The van der Waals surface area contributed by atoms with Crippen LogP contribution in [0.25, 0.3) is 0 Å². The first-order chi connectivity index (χ1) is 18.7. The van der Waals surface area contributed by atoms with Crippen molar-refractivity contribution >= 4 is 33.4 Å². The number of piperazine rings is 1. The van der Waals surface area contributed by atoms with Crippen molar-refractivity contribution in [3.05, 3.63) is 86.3 Å². The minimum absolute atomic E-state index is 0.0140. The molecule has 4 rings (SSSR count). The number of nitrogens with zero attached hydrogens (tertiary/aromatic N) is 3. The van der Waals surface area contributed by atoms with Crippen LogP contribution in [0.2, 0.25) is 0 Å². The van der Waals surface area contributed by atoms with Gasteiger partial charge in [0.1, 0.15) is 4.90 Å². The fourth-order valence-corrected chi connectivity index (χ4v) is 7.70. The number of thioether (sulfide) groups is 1. The van der Waals surface area contributed by atoms with Gasteiger partial charge in [0, 0.05) is 48.8 Å². The Labute approximate surface area is 234 Å². The lowest BCUT2D eigenvalue weighted by Gasteiger charge is -2.34. The number of benzene rings is 2. The van der Waals surface area contributed by atoms with Gasteiger partial charge in [0.25, 0.3) is 11.6 Å².